The summed E-state index contributed by atoms with van der Waals surface area (Å²) in [5, 5.41) is 9.22. The van der Waals surface area contributed by atoms with Gasteiger partial charge in [0.2, 0.25) is 5.91 Å². The van der Waals surface area contributed by atoms with Crippen LogP contribution >= 0.6 is 11.8 Å². The van der Waals surface area contributed by atoms with Crippen molar-refractivity contribution in [2.24, 2.45) is 0 Å². The van der Waals surface area contributed by atoms with Gasteiger partial charge in [-0.05, 0) is 51.2 Å². The summed E-state index contributed by atoms with van der Waals surface area (Å²) < 4.78 is 16.2. The number of hydrogen-bond acceptors (Lipinski definition) is 4. The first kappa shape index (κ1) is 17.5. The van der Waals surface area contributed by atoms with Gasteiger partial charge in [-0.2, -0.15) is 0 Å². The highest BCUT2D eigenvalue weighted by molar-refractivity contribution is 7.99. The minimum Gasteiger partial charge on any atom is -0.339 e. The van der Waals surface area contributed by atoms with Crippen molar-refractivity contribution < 1.29 is 9.18 Å². The van der Waals surface area contributed by atoms with E-state index in [0.717, 1.165) is 32.2 Å². The molecule has 1 amide bonds. The first-order valence-corrected chi connectivity index (χ1v) is 10.3. The van der Waals surface area contributed by atoms with E-state index in [9.17, 15) is 9.18 Å². The summed E-state index contributed by atoms with van der Waals surface area (Å²) in [7, 11) is 0. The number of aromatic nitrogens is 3. The Bertz CT molecular complexity index is 805. The maximum atomic E-state index is 14.2. The molecule has 7 heteroatoms. The van der Waals surface area contributed by atoms with Crippen molar-refractivity contribution in [1.29, 1.82) is 0 Å². The number of amides is 1. The molecule has 0 spiro atoms. The highest BCUT2D eigenvalue weighted by atomic mass is 32.2. The Morgan fingerprint density at radius 2 is 2.04 bits per heavy atom. The number of hydrogen-bond donors (Lipinski definition) is 0. The van der Waals surface area contributed by atoms with Crippen molar-refractivity contribution in [2.45, 2.75) is 56.3 Å². The van der Waals surface area contributed by atoms with Crippen LogP contribution in [0.4, 0.5) is 4.39 Å². The quantitative estimate of drug-likeness (QED) is 0.745. The normalized spacial score (nSPS) is 20.4. The standard InChI is InChI=1S/C19H23FN4OS/c1-13-6-4-5-11-23(13)17(25)12-26-19-22-21-18(24(19)14-9-10-14)15-7-2-3-8-16(15)20/h2-3,7-8,13-14H,4-6,9-12H2,1H3/t13-/m0/s1. The summed E-state index contributed by atoms with van der Waals surface area (Å²) in [5.41, 5.74) is 0.467. The molecular formula is C19H23FN4OS. The molecule has 26 heavy (non-hydrogen) atoms. The number of halogens is 1. The number of thioether (sulfide) groups is 1. The molecule has 2 aliphatic rings. The fourth-order valence-corrected chi connectivity index (χ4v) is 4.43. The van der Waals surface area contributed by atoms with Gasteiger partial charge >= 0.3 is 0 Å². The molecule has 2 aromatic rings. The summed E-state index contributed by atoms with van der Waals surface area (Å²) in [5.74, 6) is 0.773. The molecule has 138 valence electrons. The minimum atomic E-state index is -0.295. The van der Waals surface area contributed by atoms with Crippen LogP contribution in [0, 0.1) is 5.82 Å². The third-order valence-corrected chi connectivity index (χ3v) is 6.07. The molecule has 4 rings (SSSR count). The number of rotatable bonds is 5. The maximum absolute atomic E-state index is 14.2. The van der Waals surface area contributed by atoms with Crippen molar-refractivity contribution in [2.75, 3.05) is 12.3 Å². The molecule has 5 nitrogen and oxygen atoms in total. The Balaban J connectivity index is 1.52. The Hall–Kier alpha value is -1.89. The van der Waals surface area contributed by atoms with Crippen molar-refractivity contribution in [3.63, 3.8) is 0 Å². The Labute approximate surface area is 157 Å². The number of likely N-dealkylation sites (tertiary alicyclic amines) is 1. The second kappa shape index (κ2) is 7.39. The molecule has 1 aromatic heterocycles. The summed E-state index contributed by atoms with van der Waals surface area (Å²) in [6.45, 7) is 2.96. The molecule has 0 radical (unpaired) electrons. The van der Waals surface area contributed by atoms with Gasteiger partial charge in [0.1, 0.15) is 5.82 Å². The van der Waals surface area contributed by atoms with E-state index in [0.29, 0.717) is 34.4 Å². The number of carbonyl (C=O) groups excluding carboxylic acids is 1. The molecular weight excluding hydrogens is 351 g/mol. The van der Waals surface area contributed by atoms with Crippen LogP contribution in [0.1, 0.15) is 45.1 Å². The van der Waals surface area contributed by atoms with Crippen LogP contribution in [0.3, 0.4) is 0 Å². The first-order valence-electron chi connectivity index (χ1n) is 9.27. The second-order valence-corrected chi connectivity index (χ2v) is 8.05. The molecule has 1 aliphatic heterocycles. The smallest absolute Gasteiger partial charge is 0.233 e. The highest BCUT2D eigenvalue weighted by Crippen LogP contribution is 2.41. The molecule has 1 atom stereocenters. The Morgan fingerprint density at radius 1 is 1.23 bits per heavy atom. The minimum absolute atomic E-state index is 0.153. The molecule has 0 unspecified atom stereocenters. The number of nitrogens with zero attached hydrogens (tertiary/aromatic N) is 4. The van der Waals surface area contributed by atoms with Crippen LogP contribution in [0.15, 0.2) is 29.4 Å². The van der Waals surface area contributed by atoms with Crippen molar-refractivity contribution in [1.82, 2.24) is 19.7 Å². The predicted octanol–water partition coefficient (Wildman–Crippen LogP) is 3.91. The van der Waals surface area contributed by atoms with Gasteiger partial charge < -0.3 is 4.90 Å². The van der Waals surface area contributed by atoms with Gasteiger partial charge in [-0.1, -0.05) is 23.9 Å². The fourth-order valence-electron chi connectivity index (χ4n) is 3.54. The number of piperidine rings is 1. The van der Waals surface area contributed by atoms with E-state index in [1.54, 1.807) is 18.2 Å². The summed E-state index contributed by atoms with van der Waals surface area (Å²) in [4.78, 5) is 14.6. The molecule has 2 fully saturated rings. The molecule has 1 saturated heterocycles. The molecule has 1 aromatic carbocycles. The van der Waals surface area contributed by atoms with E-state index < -0.39 is 0 Å². The van der Waals surface area contributed by atoms with Crippen LogP contribution in [-0.2, 0) is 4.79 Å². The molecule has 0 bridgehead atoms. The van der Waals surface area contributed by atoms with Gasteiger partial charge in [0.15, 0.2) is 11.0 Å². The number of benzene rings is 1. The van der Waals surface area contributed by atoms with E-state index in [1.807, 2.05) is 9.47 Å². The lowest BCUT2D eigenvalue weighted by Crippen LogP contribution is -2.43. The van der Waals surface area contributed by atoms with Crippen molar-refractivity contribution in [3.8, 4) is 11.4 Å². The lowest BCUT2D eigenvalue weighted by atomic mass is 10.0. The van der Waals surface area contributed by atoms with E-state index in [2.05, 4.69) is 17.1 Å². The van der Waals surface area contributed by atoms with Crippen LogP contribution in [0.2, 0.25) is 0 Å². The molecule has 0 N–H and O–H groups in total. The zero-order valence-corrected chi connectivity index (χ0v) is 15.7. The van der Waals surface area contributed by atoms with E-state index >= 15 is 0 Å². The SMILES string of the molecule is C[C@H]1CCCCN1C(=O)CSc1nnc(-c2ccccc2F)n1C1CC1. The molecule has 1 saturated carbocycles. The van der Waals surface area contributed by atoms with Gasteiger partial charge in [0, 0.05) is 18.6 Å². The van der Waals surface area contributed by atoms with Crippen LogP contribution in [0.25, 0.3) is 11.4 Å². The lowest BCUT2D eigenvalue weighted by molar-refractivity contribution is -0.131. The van der Waals surface area contributed by atoms with Gasteiger partial charge in [-0.15, -0.1) is 10.2 Å². The fraction of sp³-hybridized carbons (Fsp3) is 0.526. The second-order valence-electron chi connectivity index (χ2n) is 7.11. The van der Waals surface area contributed by atoms with Crippen LogP contribution in [-0.4, -0.2) is 43.9 Å². The first-order chi connectivity index (χ1) is 12.6. The largest absolute Gasteiger partial charge is 0.339 e. The summed E-state index contributed by atoms with van der Waals surface area (Å²) >= 11 is 1.42. The lowest BCUT2D eigenvalue weighted by Gasteiger charge is -2.33. The van der Waals surface area contributed by atoms with Crippen molar-refractivity contribution in [3.05, 3.63) is 30.1 Å². The molecule has 1 aliphatic carbocycles. The zero-order chi connectivity index (χ0) is 18.1. The van der Waals surface area contributed by atoms with Gasteiger partial charge in [-0.25, -0.2) is 4.39 Å². The molecule has 2 heterocycles. The van der Waals surface area contributed by atoms with E-state index in [4.69, 9.17) is 0 Å². The third-order valence-electron chi connectivity index (χ3n) is 5.14. The van der Waals surface area contributed by atoms with Gasteiger partial charge in [-0.3, -0.25) is 9.36 Å². The number of carbonyl (C=O) groups is 1. The third kappa shape index (κ3) is 3.49. The van der Waals surface area contributed by atoms with Crippen LogP contribution < -0.4 is 0 Å². The van der Waals surface area contributed by atoms with E-state index in [1.165, 1.54) is 24.2 Å². The maximum Gasteiger partial charge on any atom is 0.233 e. The monoisotopic (exact) mass is 374 g/mol. The average molecular weight is 374 g/mol. The van der Waals surface area contributed by atoms with Gasteiger partial charge in [0.05, 0.1) is 11.3 Å². The summed E-state index contributed by atoms with van der Waals surface area (Å²) in [6, 6.07) is 7.27. The van der Waals surface area contributed by atoms with E-state index in [-0.39, 0.29) is 11.7 Å². The Morgan fingerprint density at radius 3 is 2.77 bits per heavy atom. The average Bonchev–Trinajstić information content (AvgIpc) is 3.40. The predicted molar refractivity (Wildman–Crippen MR) is 99.4 cm³/mol. The van der Waals surface area contributed by atoms with Gasteiger partial charge in [0.25, 0.3) is 0 Å². The van der Waals surface area contributed by atoms with Crippen LogP contribution in [0.5, 0.6) is 0 Å². The Kier molecular flexibility index (Phi) is 4.98. The highest BCUT2D eigenvalue weighted by Gasteiger charge is 2.31. The van der Waals surface area contributed by atoms with Crippen molar-refractivity contribution >= 4 is 17.7 Å². The topological polar surface area (TPSA) is 51.0 Å². The summed E-state index contributed by atoms with van der Waals surface area (Å²) in [6.07, 6.45) is 5.44. The zero-order valence-electron chi connectivity index (χ0n) is 14.9.